The normalized spacial score (nSPS) is 21.6. The fourth-order valence-electron chi connectivity index (χ4n) is 2.44. The number of amidine groups is 1. The van der Waals surface area contributed by atoms with Crippen molar-refractivity contribution in [2.75, 3.05) is 31.2 Å². The van der Waals surface area contributed by atoms with Crippen LogP contribution < -0.4 is 10.2 Å². The van der Waals surface area contributed by atoms with Gasteiger partial charge in [-0.1, -0.05) is 6.08 Å². The maximum absolute atomic E-state index is 5.36. The predicted molar refractivity (Wildman–Crippen MR) is 80.5 cm³/mol. The molecule has 1 saturated heterocycles. The second-order valence-electron chi connectivity index (χ2n) is 5.08. The van der Waals surface area contributed by atoms with Gasteiger partial charge < -0.3 is 15.0 Å². The molecule has 3 heterocycles. The minimum atomic E-state index is 0.763. The zero-order valence-electron chi connectivity index (χ0n) is 11.8. The number of nitrogens with zero attached hydrogens (tertiary/aromatic N) is 3. The number of anilines is 1. The minimum Gasteiger partial charge on any atom is -0.378 e. The Balaban J connectivity index is 1.69. The molecule has 1 fully saturated rings. The first-order valence-electron chi connectivity index (χ1n) is 7.11. The number of rotatable bonds is 2. The number of morpholine rings is 1. The van der Waals surface area contributed by atoms with Crippen LogP contribution in [0.15, 0.2) is 35.1 Å². The molecule has 0 bridgehead atoms. The highest BCUT2D eigenvalue weighted by molar-refractivity contribution is 5.86. The summed E-state index contributed by atoms with van der Waals surface area (Å²) in [5.41, 5.74) is 2.31. The quantitative estimate of drug-likeness (QED) is 0.897. The van der Waals surface area contributed by atoms with Gasteiger partial charge in [-0.15, -0.1) is 0 Å². The number of aromatic nitrogens is 1. The molecule has 0 radical (unpaired) electrons. The van der Waals surface area contributed by atoms with Gasteiger partial charge >= 0.3 is 0 Å². The van der Waals surface area contributed by atoms with E-state index in [1.807, 2.05) is 12.3 Å². The van der Waals surface area contributed by atoms with E-state index in [4.69, 9.17) is 4.74 Å². The van der Waals surface area contributed by atoms with Crippen LogP contribution in [0.25, 0.3) is 0 Å². The smallest absolute Gasteiger partial charge is 0.153 e. The molecule has 2 aliphatic heterocycles. The van der Waals surface area contributed by atoms with E-state index in [2.05, 4.69) is 39.3 Å². The number of hydrogen-bond acceptors (Lipinski definition) is 4. The zero-order valence-corrected chi connectivity index (χ0v) is 11.8. The van der Waals surface area contributed by atoms with Gasteiger partial charge in [-0.3, -0.25) is 0 Å². The molecule has 1 N–H and O–H groups in total. The zero-order chi connectivity index (χ0) is 13.8. The molecule has 5 nitrogen and oxygen atoms in total. The summed E-state index contributed by atoms with van der Waals surface area (Å²) in [7, 11) is 0. The van der Waals surface area contributed by atoms with E-state index >= 15 is 0 Å². The van der Waals surface area contributed by atoms with Crippen LogP contribution in [0.1, 0.15) is 19.8 Å². The summed E-state index contributed by atoms with van der Waals surface area (Å²) in [6, 6.07) is 4.07. The summed E-state index contributed by atoms with van der Waals surface area (Å²) in [5, 5.41) is 3.29. The molecule has 0 saturated carbocycles. The molecule has 0 aliphatic carbocycles. The Morgan fingerprint density at radius 3 is 2.85 bits per heavy atom. The lowest BCUT2D eigenvalue weighted by Gasteiger charge is -2.28. The molecule has 106 valence electrons. The van der Waals surface area contributed by atoms with E-state index in [9.17, 15) is 0 Å². The van der Waals surface area contributed by atoms with Crippen LogP contribution >= 0.6 is 0 Å². The van der Waals surface area contributed by atoms with Crippen molar-refractivity contribution in [1.82, 2.24) is 10.3 Å². The highest BCUT2D eigenvalue weighted by atomic mass is 16.5. The number of nitrogens with one attached hydrogen (secondary N) is 1. The largest absolute Gasteiger partial charge is 0.378 e. The van der Waals surface area contributed by atoms with Crippen LogP contribution in [0.2, 0.25) is 0 Å². The van der Waals surface area contributed by atoms with Crippen molar-refractivity contribution in [3.63, 3.8) is 0 Å². The Morgan fingerprint density at radius 1 is 1.30 bits per heavy atom. The molecule has 1 aromatic rings. The summed E-state index contributed by atoms with van der Waals surface area (Å²) in [5.74, 6) is 1.76. The lowest BCUT2D eigenvalue weighted by molar-refractivity contribution is 0.122. The standard InChI is InChI=1S/C15H20N4O/c1-12-3-2-4-15(17-12)18-14-6-5-13(11-16-14)19-7-9-20-10-8-19/h3,5-6,11H,2,4,7-10H2,1H3,(H,16,17,18). The summed E-state index contributed by atoms with van der Waals surface area (Å²) < 4.78 is 5.36. The van der Waals surface area contributed by atoms with E-state index in [0.717, 1.165) is 56.5 Å². The fourth-order valence-corrected chi connectivity index (χ4v) is 2.44. The number of allylic oxidation sites excluding steroid dienone is 2. The van der Waals surface area contributed by atoms with Gasteiger partial charge in [-0.2, -0.15) is 0 Å². The van der Waals surface area contributed by atoms with Crippen molar-refractivity contribution in [1.29, 1.82) is 0 Å². The molecule has 0 spiro atoms. The van der Waals surface area contributed by atoms with Gasteiger partial charge in [0.15, 0.2) is 5.82 Å². The molecule has 0 unspecified atom stereocenters. The van der Waals surface area contributed by atoms with Crippen LogP contribution in [0, 0.1) is 0 Å². The molecule has 5 heteroatoms. The second-order valence-corrected chi connectivity index (χ2v) is 5.08. The van der Waals surface area contributed by atoms with Crippen molar-refractivity contribution in [2.24, 2.45) is 4.99 Å². The summed E-state index contributed by atoms with van der Waals surface area (Å²) in [6.45, 7) is 5.50. The summed E-state index contributed by atoms with van der Waals surface area (Å²) >= 11 is 0. The topological polar surface area (TPSA) is 49.8 Å². The number of aliphatic imine (C=N–C) groups is 1. The SMILES string of the molecule is CC1=CCCC(=Nc2ccc(N3CCOCC3)cn2)N1. The van der Waals surface area contributed by atoms with E-state index in [-0.39, 0.29) is 0 Å². The van der Waals surface area contributed by atoms with Crippen molar-refractivity contribution in [3.05, 3.63) is 30.1 Å². The maximum Gasteiger partial charge on any atom is 0.153 e. The first-order valence-corrected chi connectivity index (χ1v) is 7.11. The Hall–Kier alpha value is -1.88. The summed E-state index contributed by atoms with van der Waals surface area (Å²) in [4.78, 5) is 11.3. The van der Waals surface area contributed by atoms with Gasteiger partial charge in [0.05, 0.1) is 25.1 Å². The average Bonchev–Trinajstić information content (AvgIpc) is 2.49. The van der Waals surface area contributed by atoms with Gasteiger partial charge in [-0.05, 0) is 25.5 Å². The Bertz CT molecular complexity index is 515. The first-order chi connectivity index (χ1) is 9.81. The monoisotopic (exact) mass is 272 g/mol. The van der Waals surface area contributed by atoms with Crippen LogP contribution in [-0.2, 0) is 4.74 Å². The molecule has 2 aliphatic rings. The Kier molecular flexibility index (Phi) is 3.97. The van der Waals surface area contributed by atoms with Gasteiger partial charge in [-0.25, -0.2) is 9.98 Å². The van der Waals surface area contributed by atoms with Crippen LogP contribution in [0.3, 0.4) is 0 Å². The fraction of sp³-hybridized carbons (Fsp3) is 0.467. The van der Waals surface area contributed by atoms with Crippen LogP contribution in [-0.4, -0.2) is 37.1 Å². The average molecular weight is 272 g/mol. The second kappa shape index (κ2) is 6.05. The molecule has 1 aromatic heterocycles. The van der Waals surface area contributed by atoms with Gasteiger partial charge in [0, 0.05) is 25.2 Å². The Labute approximate surface area is 119 Å². The van der Waals surface area contributed by atoms with E-state index in [1.165, 1.54) is 5.70 Å². The Morgan fingerprint density at radius 2 is 2.15 bits per heavy atom. The maximum atomic E-state index is 5.36. The van der Waals surface area contributed by atoms with Gasteiger partial charge in [0.25, 0.3) is 0 Å². The van der Waals surface area contributed by atoms with Gasteiger partial charge in [0.1, 0.15) is 5.84 Å². The third kappa shape index (κ3) is 3.17. The van der Waals surface area contributed by atoms with E-state index in [1.54, 1.807) is 0 Å². The van der Waals surface area contributed by atoms with E-state index in [0.29, 0.717) is 0 Å². The van der Waals surface area contributed by atoms with Crippen molar-refractivity contribution in [3.8, 4) is 0 Å². The lowest BCUT2D eigenvalue weighted by atomic mass is 10.2. The highest BCUT2D eigenvalue weighted by Gasteiger charge is 2.11. The van der Waals surface area contributed by atoms with Crippen molar-refractivity contribution < 1.29 is 4.74 Å². The number of pyridine rings is 1. The number of hydrogen-bond donors (Lipinski definition) is 1. The van der Waals surface area contributed by atoms with Crippen molar-refractivity contribution in [2.45, 2.75) is 19.8 Å². The van der Waals surface area contributed by atoms with Gasteiger partial charge in [0.2, 0.25) is 0 Å². The third-order valence-corrected chi connectivity index (χ3v) is 3.53. The third-order valence-electron chi connectivity index (χ3n) is 3.53. The molecule has 0 aromatic carbocycles. The predicted octanol–water partition coefficient (Wildman–Crippen LogP) is 2.24. The molecular weight excluding hydrogens is 252 g/mol. The highest BCUT2D eigenvalue weighted by Crippen LogP contribution is 2.18. The summed E-state index contributed by atoms with van der Waals surface area (Å²) in [6.07, 6.45) is 6.08. The molecule has 0 amide bonds. The van der Waals surface area contributed by atoms with E-state index < -0.39 is 0 Å². The number of ether oxygens (including phenoxy) is 1. The lowest BCUT2D eigenvalue weighted by Crippen LogP contribution is -2.36. The van der Waals surface area contributed by atoms with Crippen LogP contribution in [0.5, 0.6) is 0 Å². The van der Waals surface area contributed by atoms with Crippen LogP contribution in [0.4, 0.5) is 11.5 Å². The van der Waals surface area contributed by atoms with Crippen molar-refractivity contribution >= 4 is 17.3 Å². The molecular formula is C15H20N4O. The molecule has 20 heavy (non-hydrogen) atoms. The first kappa shape index (κ1) is 13.1. The molecule has 0 atom stereocenters. The minimum absolute atomic E-state index is 0.763. The molecule has 3 rings (SSSR count).